The molecule has 2 aromatic rings. The standard InChI is InChI=1S/C3H4N6O/c4-1-5-2-7-3(6-1)9-10-8-2/h(H4,4,5,6,7,8,9). The highest BCUT2D eigenvalue weighted by molar-refractivity contribution is 5.30. The van der Waals surface area contributed by atoms with Gasteiger partial charge in [0.05, 0.1) is 0 Å². The molecule has 0 saturated heterocycles. The lowest BCUT2D eigenvalue weighted by molar-refractivity contribution is 0.288. The van der Waals surface area contributed by atoms with Crippen molar-refractivity contribution in [3.8, 4) is 0 Å². The second-order valence-corrected chi connectivity index (χ2v) is 1.68. The average Bonchev–Trinajstić information content (AvgIpc) is 1.85. The van der Waals surface area contributed by atoms with Crippen molar-refractivity contribution < 1.29 is 4.63 Å². The molecule has 2 bridgehead atoms. The van der Waals surface area contributed by atoms with Crippen molar-refractivity contribution in [2.24, 2.45) is 0 Å². The third-order valence-electron chi connectivity index (χ3n) is 0.968. The Morgan fingerprint density at radius 3 is 2.40 bits per heavy atom. The molecule has 0 amide bonds. The number of nitrogens with zero attached hydrogens (tertiary/aromatic N) is 2. The number of aromatic nitrogens is 5. The van der Waals surface area contributed by atoms with E-state index in [4.69, 9.17) is 5.41 Å². The van der Waals surface area contributed by atoms with Crippen LogP contribution in [-0.2, 0) is 0 Å². The molecule has 4 N–H and O–H groups in total. The first-order valence-corrected chi connectivity index (χ1v) is 2.55. The third kappa shape index (κ3) is 0.642. The maximum Gasteiger partial charge on any atom is 0.248 e. The lowest BCUT2D eigenvalue weighted by Gasteiger charge is -1.92. The third-order valence-corrected chi connectivity index (χ3v) is 0.968. The molecule has 7 heteroatoms. The van der Waals surface area contributed by atoms with E-state index in [1.165, 1.54) is 0 Å². The van der Waals surface area contributed by atoms with Gasteiger partial charge in [-0.3, -0.25) is 15.0 Å². The zero-order valence-corrected chi connectivity index (χ0v) is 4.80. The number of hydrogen-bond acceptors (Lipinski definition) is 4. The molecule has 0 aliphatic carbocycles. The Labute approximate surface area is 53.6 Å². The van der Waals surface area contributed by atoms with Gasteiger partial charge in [-0.25, -0.2) is 0 Å². The van der Waals surface area contributed by atoms with Crippen LogP contribution >= 0.6 is 0 Å². The normalized spacial score (nSPS) is 10.4. The van der Waals surface area contributed by atoms with Crippen LogP contribution in [0.3, 0.4) is 0 Å². The first kappa shape index (κ1) is 5.03. The van der Waals surface area contributed by atoms with E-state index in [9.17, 15) is 0 Å². The molecule has 0 spiro atoms. The van der Waals surface area contributed by atoms with E-state index in [1.807, 2.05) is 0 Å². The van der Waals surface area contributed by atoms with Crippen LogP contribution in [0.1, 0.15) is 0 Å². The highest BCUT2D eigenvalue weighted by atomic mass is 16.6. The predicted molar refractivity (Wildman–Crippen MR) is 29.5 cm³/mol. The molecule has 0 unspecified atom stereocenters. The number of rotatable bonds is 0. The minimum absolute atomic E-state index is 0.0629. The van der Waals surface area contributed by atoms with Crippen LogP contribution in [0.4, 0.5) is 0 Å². The van der Waals surface area contributed by atoms with E-state index in [0.717, 1.165) is 0 Å². The molecule has 0 fully saturated rings. The summed E-state index contributed by atoms with van der Waals surface area (Å²) in [6, 6.07) is 0. The van der Waals surface area contributed by atoms with Crippen LogP contribution < -0.4 is 5.62 Å². The first-order valence-electron chi connectivity index (χ1n) is 2.55. The smallest absolute Gasteiger partial charge is 0.248 e. The molecule has 10 heavy (non-hydrogen) atoms. The topological polar surface area (TPSA) is 110 Å². The molecule has 7 nitrogen and oxygen atoms in total. The van der Waals surface area contributed by atoms with Gasteiger partial charge in [0.15, 0.2) is 0 Å². The Hall–Kier alpha value is -1.79. The Morgan fingerprint density at radius 2 is 1.80 bits per heavy atom. The second-order valence-electron chi connectivity index (χ2n) is 1.68. The zero-order chi connectivity index (χ0) is 6.97. The zero-order valence-electron chi connectivity index (χ0n) is 4.80. The minimum atomic E-state index is -0.0629. The van der Waals surface area contributed by atoms with Gasteiger partial charge in [0.25, 0.3) is 0 Å². The lowest BCUT2D eigenvalue weighted by Crippen LogP contribution is -2.13. The molecule has 0 aromatic carbocycles. The molecule has 0 radical (unpaired) electrons. The molecule has 2 rings (SSSR count). The maximum absolute atomic E-state index is 7.04. The Kier molecular flexibility index (Phi) is 0.802. The van der Waals surface area contributed by atoms with Crippen molar-refractivity contribution in [3.63, 3.8) is 0 Å². The lowest BCUT2D eigenvalue weighted by atomic mass is 10.9. The van der Waals surface area contributed by atoms with E-state index >= 15 is 0 Å². The fourth-order valence-corrected chi connectivity index (χ4v) is 0.624. The molecule has 2 aromatic heterocycles. The summed E-state index contributed by atoms with van der Waals surface area (Å²) in [5, 5.41) is 11.8. The maximum atomic E-state index is 7.04. The molecule has 2 heterocycles. The van der Waals surface area contributed by atoms with E-state index in [0.29, 0.717) is 11.6 Å². The van der Waals surface area contributed by atoms with Crippen LogP contribution in [0.2, 0.25) is 0 Å². The summed E-state index contributed by atoms with van der Waals surface area (Å²) in [4.78, 5) is 9.95. The summed E-state index contributed by atoms with van der Waals surface area (Å²) >= 11 is 0. The van der Waals surface area contributed by atoms with Crippen molar-refractivity contribution in [1.29, 1.82) is 5.41 Å². The molecule has 0 saturated carbocycles. The summed E-state index contributed by atoms with van der Waals surface area (Å²) < 4.78 is 4.56. The molecular formula is C3H4N6O. The summed E-state index contributed by atoms with van der Waals surface area (Å²) in [7, 11) is 0. The summed E-state index contributed by atoms with van der Waals surface area (Å²) in [6.07, 6.45) is 0. The number of aromatic amines is 3. The van der Waals surface area contributed by atoms with Crippen molar-refractivity contribution >= 4 is 11.6 Å². The van der Waals surface area contributed by atoms with Crippen molar-refractivity contribution in [1.82, 2.24) is 25.3 Å². The molecular weight excluding hydrogens is 136 g/mol. The number of hydrogen-bond donors (Lipinski definition) is 4. The Balaban J connectivity index is 3.02. The Morgan fingerprint density at radius 1 is 1.20 bits per heavy atom. The van der Waals surface area contributed by atoms with Gasteiger partial charge in [0, 0.05) is 0 Å². The van der Waals surface area contributed by atoms with E-state index < -0.39 is 0 Å². The summed E-state index contributed by atoms with van der Waals surface area (Å²) in [5.74, 6) is 0.738. The number of fused-ring (bicyclic) bond motifs is 2. The van der Waals surface area contributed by atoms with Gasteiger partial charge in [-0.05, 0) is 0 Å². The van der Waals surface area contributed by atoms with Gasteiger partial charge in [0.2, 0.25) is 17.2 Å². The van der Waals surface area contributed by atoms with Crippen LogP contribution in [0.25, 0.3) is 11.6 Å². The van der Waals surface area contributed by atoms with Gasteiger partial charge in [-0.1, -0.05) is 0 Å². The van der Waals surface area contributed by atoms with E-state index in [-0.39, 0.29) is 5.62 Å². The fourth-order valence-electron chi connectivity index (χ4n) is 0.624. The average molecular weight is 140 g/mol. The first-order chi connectivity index (χ1) is 4.84. The van der Waals surface area contributed by atoms with E-state index in [1.54, 1.807) is 0 Å². The van der Waals surface area contributed by atoms with Gasteiger partial charge in [-0.2, -0.15) is 20.3 Å². The second kappa shape index (κ2) is 1.59. The van der Waals surface area contributed by atoms with Gasteiger partial charge >= 0.3 is 0 Å². The molecule has 52 valence electrons. The highest BCUT2D eigenvalue weighted by Gasteiger charge is 1.90. The van der Waals surface area contributed by atoms with Gasteiger partial charge < -0.3 is 0 Å². The monoisotopic (exact) mass is 140 g/mol. The van der Waals surface area contributed by atoms with Crippen molar-refractivity contribution in [3.05, 3.63) is 5.62 Å². The number of H-pyrrole nitrogens is 3. The van der Waals surface area contributed by atoms with Crippen LogP contribution in [0.15, 0.2) is 4.63 Å². The summed E-state index contributed by atoms with van der Waals surface area (Å²) in [6.45, 7) is 0. The molecule has 0 atom stereocenters. The predicted octanol–water partition coefficient (Wildman–Crippen LogP) is -0.751. The quantitative estimate of drug-likeness (QED) is 0.386. The highest BCUT2D eigenvalue weighted by Crippen LogP contribution is 1.83. The van der Waals surface area contributed by atoms with E-state index in [2.05, 4.69) is 29.9 Å². The molecule has 0 aliphatic heterocycles. The van der Waals surface area contributed by atoms with Crippen LogP contribution in [0.5, 0.6) is 0 Å². The minimum Gasteiger partial charge on any atom is -0.291 e. The SMILES string of the molecule is N=c1nc2[nH]o[nH]c(n1)[nH]2. The largest absolute Gasteiger partial charge is 0.291 e. The van der Waals surface area contributed by atoms with Gasteiger partial charge in [0.1, 0.15) is 0 Å². The van der Waals surface area contributed by atoms with Crippen molar-refractivity contribution in [2.75, 3.05) is 0 Å². The fraction of sp³-hybridized carbons (Fsp3) is 0. The Bertz CT molecular complexity index is 368. The van der Waals surface area contributed by atoms with Crippen LogP contribution in [0, 0.1) is 5.41 Å². The van der Waals surface area contributed by atoms with Gasteiger partial charge in [-0.15, -0.1) is 0 Å². The summed E-state index contributed by atoms with van der Waals surface area (Å²) in [5.41, 5.74) is -0.0629. The van der Waals surface area contributed by atoms with Crippen LogP contribution in [-0.4, -0.2) is 25.3 Å². The van der Waals surface area contributed by atoms with Crippen molar-refractivity contribution in [2.45, 2.75) is 0 Å². The number of nitrogens with one attached hydrogen (secondary N) is 4. The molecule has 0 aliphatic rings.